The Morgan fingerprint density at radius 2 is 2.12 bits per heavy atom. The van der Waals surface area contributed by atoms with Gasteiger partial charge in [0.1, 0.15) is 11.4 Å². The largest absolute Gasteiger partial charge is 0.563 e. The minimum atomic E-state index is -0.539. The number of hydrogen-bond donors (Lipinski definition) is 2. The molecule has 0 atom stereocenters. The third-order valence-corrected chi connectivity index (χ3v) is 2.87. The summed E-state index contributed by atoms with van der Waals surface area (Å²) >= 11 is 0. The maximum absolute atomic E-state index is 9.47. The molecule has 1 aromatic carbocycles. The Bertz CT molecular complexity index is 456. The first-order chi connectivity index (χ1) is 7.94. The molecular weight excluding hydrogens is 219 g/mol. The summed E-state index contributed by atoms with van der Waals surface area (Å²) in [5.74, 6) is 0.633. The minimum Gasteiger partial charge on any atom is -0.534 e. The molecule has 4 nitrogen and oxygen atoms in total. The van der Waals surface area contributed by atoms with Gasteiger partial charge in [-0.15, -0.1) is 0 Å². The summed E-state index contributed by atoms with van der Waals surface area (Å²) in [7, 11) is -0.539. The summed E-state index contributed by atoms with van der Waals surface area (Å²) in [4.78, 5) is 0. The smallest absolute Gasteiger partial charge is 0.534 e. The van der Waals surface area contributed by atoms with Crippen molar-refractivity contribution in [2.24, 2.45) is 0 Å². The van der Waals surface area contributed by atoms with E-state index in [9.17, 15) is 5.11 Å². The monoisotopic (exact) mass is 234 g/mol. The van der Waals surface area contributed by atoms with E-state index in [0.717, 1.165) is 5.46 Å². The van der Waals surface area contributed by atoms with Crippen LogP contribution in [0.4, 0.5) is 0 Å². The van der Waals surface area contributed by atoms with Gasteiger partial charge in [0.25, 0.3) is 0 Å². The van der Waals surface area contributed by atoms with Crippen LogP contribution < -0.4 is 5.46 Å². The highest BCUT2D eigenvalue weighted by atomic mass is 16.7. The number of aliphatic hydroxyl groups is 1. The van der Waals surface area contributed by atoms with Crippen LogP contribution >= 0.6 is 0 Å². The summed E-state index contributed by atoms with van der Waals surface area (Å²) in [5.41, 5.74) is 0.672. The molecule has 90 valence electrons. The SMILES string of the molecule is C=C1OB(c2ccc(O)c(CO)c2)OC1(C)C. The Balaban J connectivity index is 2.28. The van der Waals surface area contributed by atoms with Gasteiger partial charge in [0.2, 0.25) is 0 Å². The quantitative estimate of drug-likeness (QED) is 0.747. The van der Waals surface area contributed by atoms with E-state index in [4.69, 9.17) is 14.4 Å². The predicted octanol–water partition coefficient (Wildman–Crippen LogP) is 0.919. The molecule has 0 amide bonds. The van der Waals surface area contributed by atoms with Gasteiger partial charge in [-0.1, -0.05) is 18.7 Å². The highest BCUT2D eigenvalue weighted by Crippen LogP contribution is 2.29. The lowest BCUT2D eigenvalue weighted by Gasteiger charge is -2.15. The van der Waals surface area contributed by atoms with E-state index in [-0.39, 0.29) is 12.4 Å². The predicted molar refractivity (Wildman–Crippen MR) is 64.8 cm³/mol. The number of phenols is 1. The van der Waals surface area contributed by atoms with Crippen LogP contribution in [-0.2, 0) is 15.9 Å². The lowest BCUT2D eigenvalue weighted by Crippen LogP contribution is -2.34. The summed E-state index contributed by atoms with van der Waals surface area (Å²) in [6, 6.07) is 4.88. The minimum absolute atomic E-state index is 0.0623. The van der Waals surface area contributed by atoms with Crippen LogP contribution in [0.5, 0.6) is 5.75 Å². The molecule has 0 aromatic heterocycles. The average Bonchev–Trinajstić information content (AvgIpc) is 2.54. The molecule has 1 saturated heterocycles. The summed E-state index contributed by atoms with van der Waals surface area (Å²) in [6.07, 6.45) is 0. The topological polar surface area (TPSA) is 58.9 Å². The second-order valence-corrected chi connectivity index (χ2v) is 4.55. The summed E-state index contributed by atoms with van der Waals surface area (Å²) < 4.78 is 11.2. The first kappa shape index (κ1) is 12.0. The van der Waals surface area contributed by atoms with Gasteiger partial charge in [0.15, 0.2) is 0 Å². The van der Waals surface area contributed by atoms with Crippen molar-refractivity contribution < 1.29 is 19.5 Å². The maximum Gasteiger partial charge on any atom is 0.563 e. The molecule has 1 fully saturated rings. The van der Waals surface area contributed by atoms with Crippen molar-refractivity contribution in [2.75, 3.05) is 0 Å². The fourth-order valence-corrected chi connectivity index (χ4v) is 1.64. The normalized spacial score (nSPS) is 18.3. The van der Waals surface area contributed by atoms with Crippen molar-refractivity contribution in [2.45, 2.75) is 26.1 Å². The molecule has 0 aliphatic carbocycles. The van der Waals surface area contributed by atoms with Crippen LogP contribution in [0.2, 0.25) is 0 Å². The second kappa shape index (κ2) is 4.09. The number of aliphatic hydroxyl groups excluding tert-OH is 1. The standard InChI is InChI=1S/C12H15BO4/c1-8-12(2,3)17-13(16-8)10-4-5-11(15)9(6-10)7-14/h4-6,14-15H,1,7H2,2-3H3. The second-order valence-electron chi connectivity index (χ2n) is 4.55. The Labute approximate surface area is 101 Å². The van der Waals surface area contributed by atoms with E-state index in [0.29, 0.717) is 11.3 Å². The lowest BCUT2D eigenvalue weighted by atomic mass is 9.78. The van der Waals surface area contributed by atoms with Crippen molar-refractivity contribution in [1.82, 2.24) is 0 Å². The van der Waals surface area contributed by atoms with Gasteiger partial charge in [0, 0.05) is 5.56 Å². The zero-order chi connectivity index (χ0) is 12.6. The zero-order valence-electron chi connectivity index (χ0n) is 9.93. The molecule has 2 rings (SSSR count). The highest BCUT2D eigenvalue weighted by Gasteiger charge is 2.42. The number of benzene rings is 1. The van der Waals surface area contributed by atoms with Gasteiger partial charge in [-0.3, -0.25) is 0 Å². The Hall–Kier alpha value is -1.46. The first-order valence-corrected chi connectivity index (χ1v) is 5.40. The molecular formula is C12H15BO4. The third kappa shape index (κ3) is 2.16. The van der Waals surface area contributed by atoms with Crippen molar-refractivity contribution in [1.29, 1.82) is 0 Å². The van der Waals surface area contributed by atoms with Gasteiger partial charge in [-0.2, -0.15) is 0 Å². The van der Waals surface area contributed by atoms with Crippen LogP contribution in [-0.4, -0.2) is 22.9 Å². The molecule has 1 aliphatic rings. The van der Waals surface area contributed by atoms with E-state index in [1.54, 1.807) is 12.1 Å². The van der Waals surface area contributed by atoms with E-state index in [2.05, 4.69) is 6.58 Å². The molecule has 1 aromatic rings. The van der Waals surface area contributed by atoms with Gasteiger partial charge >= 0.3 is 7.12 Å². The fraction of sp³-hybridized carbons (Fsp3) is 0.333. The Morgan fingerprint density at radius 3 is 2.65 bits per heavy atom. The molecule has 2 N–H and O–H groups in total. The van der Waals surface area contributed by atoms with Gasteiger partial charge in [-0.25, -0.2) is 0 Å². The molecule has 0 radical (unpaired) electrons. The lowest BCUT2D eigenvalue weighted by molar-refractivity contribution is 0.173. The van der Waals surface area contributed by atoms with Crippen LogP contribution in [0.25, 0.3) is 0 Å². The molecule has 5 heteroatoms. The Morgan fingerprint density at radius 1 is 1.41 bits per heavy atom. The van der Waals surface area contributed by atoms with Crippen molar-refractivity contribution in [3.63, 3.8) is 0 Å². The van der Waals surface area contributed by atoms with E-state index in [1.807, 2.05) is 13.8 Å². The van der Waals surface area contributed by atoms with Crippen molar-refractivity contribution in [3.8, 4) is 5.75 Å². The number of rotatable bonds is 2. The zero-order valence-corrected chi connectivity index (χ0v) is 9.93. The molecule has 1 heterocycles. The van der Waals surface area contributed by atoms with Crippen LogP contribution in [0.1, 0.15) is 19.4 Å². The number of aromatic hydroxyl groups is 1. The fourth-order valence-electron chi connectivity index (χ4n) is 1.64. The van der Waals surface area contributed by atoms with E-state index >= 15 is 0 Å². The van der Waals surface area contributed by atoms with Crippen LogP contribution in [0, 0.1) is 0 Å². The molecule has 0 bridgehead atoms. The van der Waals surface area contributed by atoms with Gasteiger partial charge in [-0.05, 0) is 25.4 Å². The summed E-state index contributed by atoms with van der Waals surface area (Å²) in [6.45, 7) is 7.33. The molecule has 0 saturated carbocycles. The van der Waals surface area contributed by atoms with Gasteiger partial charge < -0.3 is 19.5 Å². The van der Waals surface area contributed by atoms with Crippen molar-refractivity contribution in [3.05, 3.63) is 36.1 Å². The highest BCUT2D eigenvalue weighted by molar-refractivity contribution is 6.62. The molecule has 0 unspecified atom stereocenters. The maximum atomic E-state index is 9.47. The molecule has 1 aliphatic heterocycles. The van der Waals surface area contributed by atoms with Crippen LogP contribution in [0.3, 0.4) is 0 Å². The first-order valence-electron chi connectivity index (χ1n) is 5.40. The molecule has 17 heavy (non-hydrogen) atoms. The van der Waals surface area contributed by atoms with Crippen molar-refractivity contribution >= 4 is 12.6 Å². The van der Waals surface area contributed by atoms with E-state index < -0.39 is 12.7 Å². The number of hydrogen-bond acceptors (Lipinski definition) is 4. The van der Waals surface area contributed by atoms with E-state index in [1.165, 1.54) is 6.07 Å². The molecule has 0 spiro atoms. The van der Waals surface area contributed by atoms with Gasteiger partial charge in [0.05, 0.1) is 12.4 Å². The average molecular weight is 234 g/mol. The van der Waals surface area contributed by atoms with Crippen LogP contribution in [0.15, 0.2) is 30.5 Å². The third-order valence-electron chi connectivity index (χ3n) is 2.87. The summed E-state index contributed by atoms with van der Waals surface area (Å²) in [5, 5.41) is 18.6. The Kier molecular flexibility index (Phi) is 2.89.